The monoisotopic (exact) mass is 234 g/mol. The van der Waals surface area contributed by atoms with Crippen LogP contribution in [0, 0.1) is 13.8 Å². The van der Waals surface area contributed by atoms with E-state index in [0.717, 1.165) is 16.8 Å². The quantitative estimate of drug-likeness (QED) is 0.760. The smallest absolute Gasteiger partial charge is 0.280 e. The molecule has 0 saturated heterocycles. The highest BCUT2D eigenvalue weighted by molar-refractivity contribution is 6.29. The second-order valence-corrected chi connectivity index (χ2v) is 3.97. The number of aromatic nitrogens is 2. The topological polar surface area (TPSA) is 34.9 Å². The zero-order chi connectivity index (χ0) is 11.7. The van der Waals surface area contributed by atoms with Gasteiger partial charge in [0, 0.05) is 12.4 Å². The van der Waals surface area contributed by atoms with Gasteiger partial charge in [0.1, 0.15) is 0 Å². The lowest BCUT2D eigenvalue weighted by molar-refractivity contribution is 0.944. The molecule has 0 spiro atoms. The molecule has 3 nitrogen and oxygen atoms in total. The Kier molecular flexibility index (Phi) is 2.79. The van der Waals surface area contributed by atoms with Crippen molar-refractivity contribution in [2.45, 2.75) is 13.8 Å². The molecule has 0 aliphatic rings. The summed E-state index contributed by atoms with van der Waals surface area (Å²) in [7, 11) is 0. The van der Waals surface area contributed by atoms with Crippen LogP contribution in [0.2, 0.25) is 5.15 Å². The summed E-state index contributed by atoms with van der Waals surface area (Å²) in [5, 5.41) is -0.0107. The van der Waals surface area contributed by atoms with E-state index in [9.17, 15) is 4.79 Å². The van der Waals surface area contributed by atoms with E-state index in [1.807, 2.05) is 32.0 Å². The average Bonchev–Trinajstić information content (AvgIpc) is 2.27. The lowest BCUT2D eigenvalue weighted by Crippen LogP contribution is -2.19. The first kappa shape index (κ1) is 10.9. The van der Waals surface area contributed by atoms with Crippen molar-refractivity contribution < 1.29 is 0 Å². The molecule has 1 aromatic heterocycles. The number of benzene rings is 1. The summed E-state index contributed by atoms with van der Waals surface area (Å²) in [6, 6.07) is 5.81. The second-order valence-electron chi connectivity index (χ2n) is 3.61. The number of halogens is 1. The van der Waals surface area contributed by atoms with Crippen molar-refractivity contribution in [3.05, 3.63) is 57.2 Å². The van der Waals surface area contributed by atoms with Gasteiger partial charge in [0.05, 0.1) is 5.69 Å². The summed E-state index contributed by atoms with van der Waals surface area (Å²) in [5.41, 5.74) is 2.75. The van der Waals surface area contributed by atoms with E-state index < -0.39 is 0 Å². The van der Waals surface area contributed by atoms with E-state index in [2.05, 4.69) is 4.98 Å². The van der Waals surface area contributed by atoms with Crippen molar-refractivity contribution in [3.63, 3.8) is 0 Å². The molecule has 0 fully saturated rings. The van der Waals surface area contributed by atoms with Gasteiger partial charge >= 0.3 is 0 Å². The largest absolute Gasteiger partial charge is 0.292 e. The Morgan fingerprint density at radius 2 is 2.06 bits per heavy atom. The van der Waals surface area contributed by atoms with Crippen molar-refractivity contribution in [3.8, 4) is 5.69 Å². The Balaban J connectivity index is 2.73. The molecule has 0 N–H and O–H groups in total. The van der Waals surface area contributed by atoms with Crippen LogP contribution in [-0.2, 0) is 0 Å². The number of hydrogen-bond acceptors (Lipinski definition) is 2. The molecule has 2 aromatic rings. The maximum atomic E-state index is 11.8. The predicted octanol–water partition coefficient (Wildman–Crippen LogP) is 2.50. The molecule has 0 aliphatic heterocycles. The Bertz CT molecular complexity index is 590. The zero-order valence-electron chi connectivity index (χ0n) is 9.07. The molecule has 0 amide bonds. The van der Waals surface area contributed by atoms with E-state index in [1.165, 1.54) is 10.8 Å². The maximum Gasteiger partial charge on any atom is 0.292 e. The highest BCUT2D eigenvalue weighted by atomic mass is 35.5. The molecule has 1 heterocycles. The van der Waals surface area contributed by atoms with Gasteiger partial charge in [0.25, 0.3) is 5.56 Å². The number of hydrogen-bond donors (Lipinski definition) is 0. The van der Waals surface area contributed by atoms with Gasteiger partial charge in [-0.3, -0.25) is 9.36 Å². The van der Waals surface area contributed by atoms with Gasteiger partial charge in [-0.1, -0.05) is 23.7 Å². The summed E-state index contributed by atoms with van der Waals surface area (Å²) in [6.07, 6.45) is 3.14. The minimum atomic E-state index is -0.294. The maximum absolute atomic E-state index is 11.8. The van der Waals surface area contributed by atoms with Gasteiger partial charge in [-0.15, -0.1) is 0 Å². The molecule has 0 atom stereocenters. The zero-order valence-corrected chi connectivity index (χ0v) is 9.82. The summed E-state index contributed by atoms with van der Waals surface area (Å²) < 4.78 is 1.51. The average molecular weight is 235 g/mol. The molecule has 4 heteroatoms. The van der Waals surface area contributed by atoms with E-state index >= 15 is 0 Å². The van der Waals surface area contributed by atoms with Crippen LogP contribution in [0.1, 0.15) is 11.1 Å². The number of aryl methyl sites for hydroxylation is 1. The first-order chi connectivity index (χ1) is 7.61. The summed E-state index contributed by atoms with van der Waals surface area (Å²) >= 11 is 5.71. The standard InChI is InChI=1S/C12H11ClN2O/c1-8-4-3-5-10(9(8)2)15-7-6-14-11(13)12(15)16/h3-7H,1-2H3. The second kappa shape index (κ2) is 4.10. The van der Waals surface area contributed by atoms with Gasteiger partial charge < -0.3 is 0 Å². The fraction of sp³-hybridized carbons (Fsp3) is 0.167. The Morgan fingerprint density at radius 1 is 1.31 bits per heavy atom. The van der Waals surface area contributed by atoms with Crippen molar-refractivity contribution >= 4 is 11.6 Å². The van der Waals surface area contributed by atoms with Gasteiger partial charge in [0.15, 0.2) is 5.15 Å². The molecule has 0 aliphatic carbocycles. The third-order valence-electron chi connectivity index (χ3n) is 2.63. The first-order valence-electron chi connectivity index (χ1n) is 4.91. The normalized spacial score (nSPS) is 10.4. The van der Waals surface area contributed by atoms with Crippen molar-refractivity contribution in [2.75, 3.05) is 0 Å². The fourth-order valence-corrected chi connectivity index (χ4v) is 1.72. The highest BCUT2D eigenvalue weighted by Gasteiger charge is 2.07. The third-order valence-corrected chi connectivity index (χ3v) is 2.89. The van der Waals surface area contributed by atoms with Crippen LogP contribution in [0.3, 0.4) is 0 Å². The highest BCUT2D eigenvalue weighted by Crippen LogP contribution is 2.15. The Labute approximate surface area is 98.3 Å². The Morgan fingerprint density at radius 3 is 2.81 bits per heavy atom. The lowest BCUT2D eigenvalue weighted by Gasteiger charge is -2.10. The third kappa shape index (κ3) is 1.74. The van der Waals surface area contributed by atoms with Crippen LogP contribution in [0.25, 0.3) is 5.69 Å². The number of nitrogens with zero attached hydrogens (tertiary/aromatic N) is 2. The van der Waals surface area contributed by atoms with Crippen LogP contribution in [0.4, 0.5) is 0 Å². The van der Waals surface area contributed by atoms with E-state index in [-0.39, 0.29) is 10.7 Å². The fourth-order valence-electron chi connectivity index (χ4n) is 1.57. The van der Waals surface area contributed by atoms with E-state index in [1.54, 1.807) is 6.20 Å². The summed E-state index contributed by atoms with van der Waals surface area (Å²) in [4.78, 5) is 15.6. The van der Waals surface area contributed by atoms with Gasteiger partial charge in [-0.05, 0) is 31.0 Å². The lowest BCUT2D eigenvalue weighted by atomic mass is 10.1. The molecule has 0 unspecified atom stereocenters. The van der Waals surface area contributed by atoms with Crippen molar-refractivity contribution in [1.82, 2.24) is 9.55 Å². The number of rotatable bonds is 1. The predicted molar refractivity (Wildman–Crippen MR) is 64.3 cm³/mol. The minimum Gasteiger partial charge on any atom is -0.280 e. The van der Waals surface area contributed by atoms with Crippen LogP contribution < -0.4 is 5.56 Å². The van der Waals surface area contributed by atoms with E-state index in [4.69, 9.17) is 11.6 Å². The SMILES string of the molecule is Cc1cccc(-n2ccnc(Cl)c2=O)c1C. The van der Waals surface area contributed by atoms with Crippen molar-refractivity contribution in [2.24, 2.45) is 0 Å². The molecule has 0 saturated carbocycles. The molecule has 0 radical (unpaired) electrons. The van der Waals surface area contributed by atoms with Gasteiger partial charge in [-0.2, -0.15) is 0 Å². The molecular weight excluding hydrogens is 224 g/mol. The van der Waals surface area contributed by atoms with E-state index in [0.29, 0.717) is 0 Å². The summed E-state index contributed by atoms with van der Waals surface area (Å²) in [5.74, 6) is 0. The molecular formula is C12H11ClN2O. The van der Waals surface area contributed by atoms with Crippen LogP contribution in [0.15, 0.2) is 35.4 Å². The summed E-state index contributed by atoms with van der Waals surface area (Å²) in [6.45, 7) is 3.98. The molecule has 0 bridgehead atoms. The van der Waals surface area contributed by atoms with Gasteiger partial charge in [-0.25, -0.2) is 4.98 Å². The molecule has 82 valence electrons. The van der Waals surface area contributed by atoms with Crippen LogP contribution in [0.5, 0.6) is 0 Å². The molecule has 2 rings (SSSR count). The van der Waals surface area contributed by atoms with Gasteiger partial charge in [0.2, 0.25) is 0 Å². The molecule has 16 heavy (non-hydrogen) atoms. The first-order valence-corrected chi connectivity index (χ1v) is 5.29. The van der Waals surface area contributed by atoms with Crippen LogP contribution >= 0.6 is 11.6 Å². The van der Waals surface area contributed by atoms with Crippen LogP contribution in [-0.4, -0.2) is 9.55 Å². The minimum absolute atomic E-state index is 0.0107. The molecule has 1 aromatic carbocycles. The Hall–Kier alpha value is -1.61. The van der Waals surface area contributed by atoms with Crippen molar-refractivity contribution in [1.29, 1.82) is 0 Å².